The molecule has 0 fully saturated rings. The summed E-state index contributed by atoms with van der Waals surface area (Å²) in [5.41, 5.74) is 2.68. The summed E-state index contributed by atoms with van der Waals surface area (Å²) >= 11 is 0. The Labute approximate surface area is 162 Å². The molecule has 0 saturated heterocycles. The third kappa shape index (κ3) is 4.92. The maximum Gasteiger partial charge on any atom is 0.105 e. The number of rotatable bonds is 5. The Bertz CT molecular complexity index is 801. The average molecular weight is 429 g/mol. The SMILES string of the molecule is C[N+](C)(C/C=C/c1ccccc1)Cc1cccc2ccccc12.[I-]. The third-order valence-corrected chi connectivity index (χ3v) is 4.19. The first-order valence-electron chi connectivity index (χ1n) is 8.14. The molecule has 0 N–H and O–H groups in total. The lowest BCUT2D eigenvalue weighted by atomic mass is 10.0. The molecule has 0 atom stereocenters. The molecule has 0 bridgehead atoms. The second kappa shape index (κ2) is 8.45. The van der Waals surface area contributed by atoms with Crippen LogP contribution in [0.5, 0.6) is 0 Å². The summed E-state index contributed by atoms with van der Waals surface area (Å²) in [4.78, 5) is 0. The van der Waals surface area contributed by atoms with Gasteiger partial charge in [-0.15, -0.1) is 0 Å². The number of halogens is 1. The van der Waals surface area contributed by atoms with Crippen LogP contribution in [0.2, 0.25) is 0 Å². The number of nitrogens with zero attached hydrogens (tertiary/aromatic N) is 1. The van der Waals surface area contributed by atoms with E-state index < -0.39 is 0 Å². The molecule has 0 spiro atoms. The molecule has 0 aromatic heterocycles. The minimum absolute atomic E-state index is 0. The third-order valence-electron chi connectivity index (χ3n) is 4.19. The molecule has 3 aromatic carbocycles. The van der Waals surface area contributed by atoms with Gasteiger partial charge >= 0.3 is 0 Å². The van der Waals surface area contributed by atoms with Crippen molar-refractivity contribution in [1.82, 2.24) is 0 Å². The molecule has 3 rings (SSSR count). The van der Waals surface area contributed by atoms with Gasteiger partial charge in [-0.1, -0.05) is 78.9 Å². The fraction of sp³-hybridized carbons (Fsp3) is 0.182. The number of fused-ring (bicyclic) bond motifs is 1. The quantitative estimate of drug-likeness (QED) is 0.431. The minimum atomic E-state index is 0. The Kier molecular flexibility index (Phi) is 6.58. The molecule has 0 amide bonds. The van der Waals surface area contributed by atoms with Gasteiger partial charge in [-0.3, -0.25) is 0 Å². The van der Waals surface area contributed by atoms with Crippen LogP contribution in [0, 0.1) is 0 Å². The molecular formula is C22H24IN. The summed E-state index contributed by atoms with van der Waals surface area (Å²) in [6, 6.07) is 25.7. The Morgan fingerprint density at radius 2 is 1.46 bits per heavy atom. The fourth-order valence-electron chi connectivity index (χ4n) is 2.99. The normalized spacial score (nSPS) is 11.6. The standard InChI is InChI=1S/C22H24N.HI/c1-23(2,17-9-12-19-10-4-3-5-11-19)18-21-15-8-14-20-13-6-7-16-22(20)21;/h3-16H,17-18H2,1-2H3;1H/q+1;/p-1/b12-9+;. The van der Waals surface area contributed by atoms with E-state index in [1.54, 1.807) is 0 Å². The van der Waals surface area contributed by atoms with E-state index in [9.17, 15) is 0 Å². The lowest BCUT2D eigenvalue weighted by Gasteiger charge is -2.29. The monoisotopic (exact) mass is 429 g/mol. The molecule has 2 heteroatoms. The first-order chi connectivity index (χ1) is 11.1. The zero-order valence-corrected chi connectivity index (χ0v) is 16.5. The molecule has 0 radical (unpaired) electrons. The summed E-state index contributed by atoms with van der Waals surface area (Å²) in [6.07, 6.45) is 4.49. The van der Waals surface area contributed by atoms with Crippen LogP contribution in [-0.2, 0) is 6.54 Å². The lowest BCUT2D eigenvalue weighted by molar-refractivity contribution is -0.897. The Morgan fingerprint density at radius 1 is 0.792 bits per heavy atom. The first-order valence-corrected chi connectivity index (χ1v) is 8.14. The van der Waals surface area contributed by atoms with Crippen molar-refractivity contribution in [1.29, 1.82) is 0 Å². The van der Waals surface area contributed by atoms with Crippen molar-refractivity contribution in [3.8, 4) is 0 Å². The number of benzene rings is 3. The number of quaternary nitrogens is 1. The summed E-state index contributed by atoms with van der Waals surface area (Å²) < 4.78 is 0.942. The molecular weight excluding hydrogens is 405 g/mol. The van der Waals surface area contributed by atoms with Gasteiger partial charge in [0.1, 0.15) is 6.54 Å². The van der Waals surface area contributed by atoms with Crippen LogP contribution >= 0.6 is 0 Å². The van der Waals surface area contributed by atoms with Crippen molar-refractivity contribution in [2.24, 2.45) is 0 Å². The van der Waals surface area contributed by atoms with Crippen molar-refractivity contribution in [3.05, 3.63) is 90.0 Å². The highest BCUT2D eigenvalue weighted by Crippen LogP contribution is 2.21. The Hall–Kier alpha value is -1.65. The second-order valence-electron chi connectivity index (χ2n) is 6.73. The van der Waals surface area contributed by atoms with Gasteiger partial charge in [0.2, 0.25) is 0 Å². The van der Waals surface area contributed by atoms with E-state index in [1.807, 2.05) is 0 Å². The van der Waals surface area contributed by atoms with Crippen molar-refractivity contribution in [2.45, 2.75) is 6.54 Å². The highest BCUT2D eigenvalue weighted by molar-refractivity contribution is 5.85. The number of likely N-dealkylation sites (N-methyl/N-ethyl adjacent to an activating group) is 1. The first kappa shape index (κ1) is 18.7. The predicted molar refractivity (Wildman–Crippen MR) is 100 cm³/mol. The smallest absolute Gasteiger partial charge is 0.105 e. The molecule has 0 aliphatic carbocycles. The van der Waals surface area contributed by atoms with Crippen molar-refractivity contribution < 1.29 is 28.5 Å². The van der Waals surface area contributed by atoms with E-state index in [0.717, 1.165) is 17.6 Å². The van der Waals surface area contributed by atoms with Gasteiger partial charge in [-0.2, -0.15) is 0 Å². The summed E-state index contributed by atoms with van der Waals surface area (Å²) in [6.45, 7) is 2.04. The maximum absolute atomic E-state index is 2.29. The van der Waals surface area contributed by atoms with E-state index in [0.29, 0.717) is 0 Å². The Balaban J connectivity index is 0.00000208. The summed E-state index contributed by atoms with van der Waals surface area (Å²) in [5, 5.41) is 2.69. The van der Waals surface area contributed by atoms with Gasteiger partial charge in [-0.25, -0.2) is 0 Å². The van der Waals surface area contributed by atoms with E-state index >= 15 is 0 Å². The fourth-order valence-corrected chi connectivity index (χ4v) is 2.99. The van der Waals surface area contributed by atoms with Crippen LogP contribution < -0.4 is 24.0 Å². The van der Waals surface area contributed by atoms with Gasteiger partial charge in [-0.05, 0) is 22.4 Å². The number of hydrogen-bond acceptors (Lipinski definition) is 0. The summed E-state index contributed by atoms with van der Waals surface area (Å²) in [7, 11) is 4.58. The maximum atomic E-state index is 2.29. The minimum Gasteiger partial charge on any atom is -1.00 e. The highest BCUT2D eigenvalue weighted by Gasteiger charge is 2.15. The second-order valence-corrected chi connectivity index (χ2v) is 6.73. The van der Waals surface area contributed by atoms with Gasteiger partial charge in [0.05, 0.1) is 20.6 Å². The van der Waals surface area contributed by atoms with Crippen LogP contribution in [0.1, 0.15) is 11.1 Å². The molecule has 124 valence electrons. The van der Waals surface area contributed by atoms with E-state index in [2.05, 4.69) is 99.0 Å². The van der Waals surface area contributed by atoms with Crippen LogP contribution in [-0.4, -0.2) is 25.1 Å². The molecule has 0 aliphatic heterocycles. The molecule has 0 saturated carbocycles. The topological polar surface area (TPSA) is 0 Å². The van der Waals surface area contributed by atoms with E-state index in [-0.39, 0.29) is 24.0 Å². The van der Waals surface area contributed by atoms with Crippen LogP contribution in [0.3, 0.4) is 0 Å². The van der Waals surface area contributed by atoms with Crippen LogP contribution in [0.15, 0.2) is 78.9 Å². The van der Waals surface area contributed by atoms with Gasteiger partial charge < -0.3 is 28.5 Å². The van der Waals surface area contributed by atoms with E-state index in [4.69, 9.17) is 0 Å². The highest BCUT2D eigenvalue weighted by atomic mass is 127. The molecule has 0 aliphatic rings. The van der Waals surface area contributed by atoms with E-state index in [1.165, 1.54) is 21.9 Å². The molecule has 24 heavy (non-hydrogen) atoms. The van der Waals surface area contributed by atoms with Crippen molar-refractivity contribution >= 4 is 16.8 Å². The van der Waals surface area contributed by atoms with Crippen molar-refractivity contribution in [3.63, 3.8) is 0 Å². The van der Waals surface area contributed by atoms with Crippen LogP contribution in [0.4, 0.5) is 0 Å². The molecule has 1 nitrogen and oxygen atoms in total. The lowest BCUT2D eigenvalue weighted by Crippen LogP contribution is -3.00. The van der Waals surface area contributed by atoms with Crippen LogP contribution in [0.25, 0.3) is 16.8 Å². The zero-order chi connectivity index (χ0) is 16.1. The zero-order valence-electron chi connectivity index (χ0n) is 14.3. The largest absolute Gasteiger partial charge is 1.00 e. The van der Waals surface area contributed by atoms with Crippen molar-refractivity contribution in [2.75, 3.05) is 20.6 Å². The number of hydrogen-bond donors (Lipinski definition) is 0. The molecule has 0 heterocycles. The summed E-state index contributed by atoms with van der Waals surface area (Å²) in [5.74, 6) is 0. The molecule has 0 unspecified atom stereocenters. The van der Waals surface area contributed by atoms with Gasteiger partial charge in [0.15, 0.2) is 0 Å². The Morgan fingerprint density at radius 3 is 2.25 bits per heavy atom. The van der Waals surface area contributed by atoms with Gasteiger partial charge in [0, 0.05) is 5.56 Å². The predicted octanol–water partition coefficient (Wildman–Crippen LogP) is 2.13. The van der Waals surface area contributed by atoms with Gasteiger partial charge in [0.25, 0.3) is 0 Å². The average Bonchev–Trinajstić information content (AvgIpc) is 2.56. The molecule has 3 aromatic rings.